The molecule has 0 aliphatic heterocycles. The molecule has 1 aromatic rings. The number of hydrogen-bond acceptors (Lipinski definition) is 3. The van der Waals surface area contributed by atoms with Crippen LogP contribution < -0.4 is 16.6 Å². The molecule has 16 heavy (non-hydrogen) atoms. The second-order valence-electron chi connectivity index (χ2n) is 3.22. The Kier molecular flexibility index (Phi) is 3.60. The first-order chi connectivity index (χ1) is 7.54. The van der Waals surface area contributed by atoms with Crippen molar-refractivity contribution >= 4 is 18.5 Å². The van der Waals surface area contributed by atoms with E-state index in [9.17, 15) is 9.90 Å². The highest BCUT2D eigenvalue weighted by atomic mass is 16.3. The molecule has 0 saturated heterocycles. The van der Waals surface area contributed by atoms with Crippen molar-refractivity contribution < 1.29 is 15.0 Å². The maximum Gasteiger partial charge on any atom is 0.256 e. The number of nitrogens with zero attached hydrogens (tertiary/aromatic N) is 1. The third-order valence-corrected chi connectivity index (χ3v) is 1.85. The first-order valence-electron chi connectivity index (χ1n) is 4.50. The van der Waals surface area contributed by atoms with Gasteiger partial charge in [0.1, 0.15) is 5.75 Å². The molecule has 0 aliphatic carbocycles. The highest BCUT2D eigenvalue weighted by Crippen LogP contribution is 2.20. The van der Waals surface area contributed by atoms with Crippen LogP contribution in [0.5, 0.6) is 5.75 Å². The number of carbonyl (C=O) groups is 1. The molecule has 6 nitrogen and oxygen atoms in total. The van der Waals surface area contributed by atoms with E-state index in [2.05, 4.69) is 10.2 Å². The van der Waals surface area contributed by atoms with Gasteiger partial charge in [0.05, 0.1) is 11.1 Å². The van der Waals surface area contributed by atoms with Gasteiger partial charge in [-0.3, -0.25) is 4.79 Å². The zero-order valence-corrected chi connectivity index (χ0v) is 8.77. The Hall–Kier alpha value is -2.37. The lowest BCUT2D eigenvalue weighted by Gasteiger charge is -2.01. The summed E-state index contributed by atoms with van der Waals surface area (Å²) in [5, 5.41) is 15.6. The number of aryl methyl sites for hydroxylation is 1. The molecule has 1 aromatic carbocycles. The minimum absolute atomic E-state index is 0.112. The van der Waals surface area contributed by atoms with Crippen molar-refractivity contribution in [2.45, 2.75) is 6.92 Å². The van der Waals surface area contributed by atoms with Crippen LogP contribution in [0.3, 0.4) is 0 Å². The second-order valence-corrected chi connectivity index (χ2v) is 3.22. The molecule has 1 rings (SSSR count). The Morgan fingerprint density at radius 2 is 2.06 bits per heavy atom. The molecule has 0 spiro atoms. The molecule has 6 heteroatoms. The Morgan fingerprint density at radius 3 is 2.62 bits per heavy atom. The van der Waals surface area contributed by atoms with Gasteiger partial charge in [0.25, 0.3) is 5.96 Å². The Morgan fingerprint density at radius 1 is 1.44 bits per heavy atom. The summed E-state index contributed by atoms with van der Waals surface area (Å²) < 4.78 is 0. The number of hydrazone groups is 1. The van der Waals surface area contributed by atoms with Crippen LogP contribution in [0.15, 0.2) is 17.2 Å². The predicted molar refractivity (Wildman–Crippen MR) is 60.2 cm³/mol. The van der Waals surface area contributed by atoms with Crippen molar-refractivity contribution in [1.82, 2.24) is 0 Å². The molecule has 0 bridgehead atoms. The van der Waals surface area contributed by atoms with Gasteiger partial charge in [0, 0.05) is 5.10 Å². The number of phenolic OH excluding ortho intramolecular Hbond substituents is 1. The van der Waals surface area contributed by atoms with E-state index in [1.165, 1.54) is 6.21 Å². The van der Waals surface area contributed by atoms with E-state index in [0.29, 0.717) is 11.8 Å². The smallest absolute Gasteiger partial charge is 0.256 e. The largest absolute Gasteiger partial charge is 0.506 e. The Balaban J connectivity index is 3.14. The van der Waals surface area contributed by atoms with Crippen molar-refractivity contribution in [2.24, 2.45) is 16.6 Å². The number of phenols is 1. The van der Waals surface area contributed by atoms with E-state index in [0.717, 1.165) is 5.56 Å². The number of rotatable bonds is 3. The number of guanidine groups is 1. The van der Waals surface area contributed by atoms with E-state index in [-0.39, 0.29) is 17.3 Å². The zero-order chi connectivity index (χ0) is 12.1. The fraction of sp³-hybridized carbons (Fsp3) is 0.100. The second kappa shape index (κ2) is 4.92. The average molecular weight is 221 g/mol. The minimum atomic E-state index is -0.126. The van der Waals surface area contributed by atoms with Gasteiger partial charge in [-0.15, -0.1) is 5.10 Å². The molecule has 0 saturated carbocycles. The summed E-state index contributed by atoms with van der Waals surface area (Å²) in [6.07, 6.45) is 1.98. The van der Waals surface area contributed by atoms with Crippen molar-refractivity contribution in [3.05, 3.63) is 28.8 Å². The highest BCUT2D eigenvalue weighted by molar-refractivity contribution is 5.88. The molecule has 0 fully saturated rings. The fourth-order valence-corrected chi connectivity index (χ4v) is 1.21. The van der Waals surface area contributed by atoms with E-state index in [1.54, 1.807) is 12.1 Å². The number of aldehydes is 1. The van der Waals surface area contributed by atoms with Gasteiger partial charge in [-0.1, -0.05) is 0 Å². The molecule has 0 aliphatic rings. The monoisotopic (exact) mass is 221 g/mol. The molecule has 0 aromatic heterocycles. The van der Waals surface area contributed by atoms with E-state index in [4.69, 9.17) is 11.5 Å². The van der Waals surface area contributed by atoms with Crippen LogP contribution in [0.1, 0.15) is 21.5 Å². The van der Waals surface area contributed by atoms with Crippen LogP contribution >= 0.6 is 0 Å². The SMILES string of the molecule is Cc1cc(C=O)c(O)c(C=[NH+]N=C(N)N)c1. The van der Waals surface area contributed by atoms with Gasteiger partial charge < -0.3 is 16.6 Å². The Labute approximate surface area is 92.3 Å². The van der Waals surface area contributed by atoms with Crippen LogP contribution in [0, 0.1) is 6.92 Å². The summed E-state index contributed by atoms with van der Waals surface area (Å²) >= 11 is 0. The van der Waals surface area contributed by atoms with E-state index >= 15 is 0 Å². The molecule has 0 amide bonds. The topological polar surface area (TPSA) is 116 Å². The molecule has 0 radical (unpaired) electrons. The van der Waals surface area contributed by atoms with Crippen LogP contribution in [-0.2, 0) is 0 Å². The van der Waals surface area contributed by atoms with Crippen LogP contribution in [0.2, 0.25) is 0 Å². The van der Waals surface area contributed by atoms with Crippen molar-refractivity contribution in [2.75, 3.05) is 0 Å². The summed E-state index contributed by atoms with van der Waals surface area (Å²) in [7, 11) is 0. The zero-order valence-electron chi connectivity index (χ0n) is 8.77. The maximum atomic E-state index is 10.7. The van der Waals surface area contributed by atoms with E-state index in [1.807, 2.05) is 6.92 Å². The molecule has 6 N–H and O–H groups in total. The normalized spacial score (nSPS) is 10.3. The van der Waals surface area contributed by atoms with Gasteiger partial charge in [-0.2, -0.15) is 0 Å². The third-order valence-electron chi connectivity index (χ3n) is 1.85. The third kappa shape index (κ3) is 2.81. The van der Waals surface area contributed by atoms with Crippen LogP contribution in [0.4, 0.5) is 0 Å². The van der Waals surface area contributed by atoms with Gasteiger partial charge in [-0.25, -0.2) is 0 Å². The summed E-state index contributed by atoms with van der Waals surface area (Å²) in [4.78, 5) is 10.7. The van der Waals surface area contributed by atoms with Gasteiger partial charge >= 0.3 is 0 Å². The summed E-state index contributed by atoms with van der Waals surface area (Å²) in [5.74, 6) is -0.238. The lowest BCUT2D eigenvalue weighted by molar-refractivity contribution is -0.456. The number of nitrogens with two attached hydrogens (primary N) is 2. The molecule has 0 unspecified atom stereocenters. The predicted octanol–water partition coefficient (Wildman–Crippen LogP) is -1.80. The quantitative estimate of drug-likeness (QED) is 0.208. The number of hydrogen-bond donors (Lipinski definition) is 4. The molecular weight excluding hydrogens is 208 g/mol. The van der Waals surface area contributed by atoms with Crippen LogP contribution in [-0.4, -0.2) is 23.6 Å². The fourth-order valence-electron chi connectivity index (χ4n) is 1.21. The first kappa shape index (κ1) is 11.7. The summed E-state index contributed by atoms with van der Waals surface area (Å²) in [5.41, 5.74) is 11.7. The highest BCUT2D eigenvalue weighted by Gasteiger charge is 2.08. The van der Waals surface area contributed by atoms with Gasteiger partial charge in [0.15, 0.2) is 6.29 Å². The molecule has 84 valence electrons. The Bertz CT molecular complexity index is 462. The van der Waals surface area contributed by atoms with Crippen LogP contribution in [0.25, 0.3) is 0 Å². The molecule has 0 atom stereocenters. The number of nitrogens with one attached hydrogen (secondary N) is 1. The molecule has 0 heterocycles. The van der Waals surface area contributed by atoms with Gasteiger partial charge in [0.2, 0.25) is 6.21 Å². The number of aromatic hydroxyl groups is 1. The molecular formula is C10H13N4O2+. The first-order valence-corrected chi connectivity index (χ1v) is 4.50. The number of benzene rings is 1. The lowest BCUT2D eigenvalue weighted by atomic mass is 10.1. The van der Waals surface area contributed by atoms with Gasteiger partial charge in [-0.05, 0) is 24.6 Å². The van der Waals surface area contributed by atoms with Crippen molar-refractivity contribution in [3.8, 4) is 5.75 Å². The standard InChI is InChI=1S/C10H12N4O2/c1-6-2-7(4-13-14-10(11)12)9(16)8(3-6)5-15/h2-5,16H,1H3,(H4,11,12,14)/p+1. The lowest BCUT2D eigenvalue weighted by Crippen LogP contribution is -2.63. The average Bonchev–Trinajstić information content (AvgIpc) is 2.22. The summed E-state index contributed by atoms with van der Waals surface area (Å²) in [6, 6.07) is 3.28. The van der Waals surface area contributed by atoms with E-state index < -0.39 is 0 Å². The van der Waals surface area contributed by atoms with Crippen molar-refractivity contribution in [3.63, 3.8) is 0 Å². The van der Waals surface area contributed by atoms with Crippen molar-refractivity contribution in [1.29, 1.82) is 0 Å². The maximum absolute atomic E-state index is 10.7. The minimum Gasteiger partial charge on any atom is -0.506 e. The summed E-state index contributed by atoms with van der Waals surface area (Å²) in [6.45, 7) is 1.81. The number of carbonyl (C=O) groups excluding carboxylic acids is 1.